The molecule has 3 N–H and O–H groups in total. The molecule has 3 heterocycles. The Balaban J connectivity index is 1.52. The quantitative estimate of drug-likeness (QED) is 0.460. The molecule has 5 aromatic rings. The molecule has 6 heteroatoms. The number of hydrogen-bond donors (Lipinski definition) is 2. The zero-order valence-corrected chi connectivity index (χ0v) is 16.6. The third-order valence-electron chi connectivity index (χ3n) is 5.82. The molecule has 1 aliphatic rings. The molecule has 0 radical (unpaired) electrons. The van der Waals surface area contributed by atoms with Crippen LogP contribution in [0, 0.1) is 0 Å². The highest BCUT2D eigenvalue weighted by atomic mass is 16.1. The van der Waals surface area contributed by atoms with Gasteiger partial charge < -0.3 is 15.3 Å². The molecular weight excluding hydrogens is 386 g/mol. The minimum atomic E-state index is -0.163. The van der Waals surface area contributed by atoms with Crippen molar-refractivity contribution >= 4 is 22.9 Å². The fourth-order valence-electron chi connectivity index (χ4n) is 4.37. The van der Waals surface area contributed by atoms with Crippen LogP contribution in [0.2, 0.25) is 0 Å². The third-order valence-corrected chi connectivity index (χ3v) is 5.82. The van der Waals surface area contributed by atoms with Crippen molar-refractivity contribution < 1.29 is 0 Å². The molecule has 0 aliphatic carbocycles. The fraction of sp³-hybridized carbons (Fsp3) is 0.0400. The average molecular weight is 405 g/mol. The summed E-state index contributed by atoms with van der Waals surface area (Å²) in [4.78, 5) is 20.5. The van der Waals surface area contributed by atoms with Gasteiger partial charge in [0, 0.05) is 41.5 Å². The molecule has 6 rings (SSSR count). The van der Waals surface area contributed by atoms with E-state index in [2.05, 4.69) is 33.8 Å². The number of benzene rings is 3. The van der Waals surface area contributed by atoms with Gasteiger partial charge in [0.2, 0.25) is 0 Å². The van der Waals surface area contributed by atoms with Gasteiger partial charge >= 0.3 is 5.69 Å². The first kappa shape index (κ1) is 17.7. The molecule has 0 spiro atoms. The lowest BCUT2D eigenvalue weighted by molar-refractivity contribution is 0.912. The van der Waals surface area contributed by atoms with Crippen LogP contribution in [-0.4, -0.2) is 20.3 Å². The molecule has 0 saturated carbocycles. The van der Waals surface area contributed by atoms with Gasteiger partial charge in [-0.3, -0.25) is 9.56 Å². The van der Waals surface area contributed by atoms with E-state index in [1.807, 2.05) is 60.9 Å². The number of nitrogens with two attached hydrogens (primary N) is 1. The van der Waals surface area contributed by atoms with Crippen molar-refractivity contribution in [3.8, 4) is 22.5 Å². The van der Waals surface area contributed by atoms with E-state index in [4.69, 9.17) is 10.7 Å². The number of fused-ring (bicyclic) bond motifs is 2. The Morgan fingerprint density at radius 3 is 2.61 bits per heavy atom. The van der Waals surface area contributed by atoms with Crippen LogP contribution in [0.5, 0.6) is 0 Å². The van der Waals surface area contributed by atoms with Crippen molar-refractivity contribution in [3.05, 3.63) is 101 Å². The number of rotatable bonds is 3. The maximum Gasteiger partial charge on any atom is 0.331 e. The van der Waals surface area contributed by atoms with Crippen molar-refractivity contribution in [3.63, 3.8) is 0 Å². The van der Waals surface area contributed by atoms with Crippen molar-refractivity contribution in [1.29, 1.82) is 0 Å². The first-order chi connectivity index (χ1) is 15.2. The second-order valence-corrected chi connectivity index (χ2v) is 7.56. The van der Waals surface area contributed by atoms with Crippen LogP contribution in [0.4, 0.5) is 5.69 Å². The van der Waals surface area contributed by atoms with Crippen molar-refractivity contribution in [2.75, 3.05) is 0 Å². The largest absolute Gasteiger partial charge is 0.331 e. The summed E-state index contributed by atoms with van der Waals surface area (Å²) < 4.78 is 3.80. The van der Waals surface area contributed by atoms with Gasteiger partial charge in [-0.2, -0.15) is 0 Å². The van der Waals surface area contributed by atoms with E-state index in [-0.39, 0.29) is 5.69 Å². The van der Waals surface area contributed by atoms with Gasteiger partial charge in [-0.15, -0.1) is 0 Å². The number of para-hydroxylation sites is 2. The normalized spacial score (nSPS) is 12.2. The predicted octanol–water partition coefficient (Wildman–Crippen LogP) is 4.30. The summed E-state index contributed by atoms with van der Waals surface area (Å²) in [6.45, 7) is 0.482. The monoisotopic (exact) mass is 405 g/mol. The van der Waals surface area contributed by atoms with Crippen molar-refractivity contribution in [2.45, 2.75) is 6.54 Å². The third kappa shape index (κ3) is 2.62. The number of H-pyrrole nitrogens is 1. The summed E-state index contributed by atoms with van der Waals surface area (Å²) in [5.74, 6) is 0. The molecule has 6 nitrogen and oxygen atoms in total. The number of imidazole rings is 1. The molecule has 1 aliphatic heterocycles. The highest BCUT2D eigenvalue weighted by Crippen LogP contribution is 2.38. The average Bonchev–Trinajstić information content (AvgIpc) is 3.36. The molecule has 2 aromatic heterocycles. The smallest absolute Gasteiger partial charge is 0.325 e. The molecule has 0 saturated heterocycles. The molecular formula is C25H19N5O. The minimum absolute atomic E-state index is 0.163. The summed E-state index contributed by atoms with van der Waals surface area (Å²) >= 11 is 0. The van der Waals surface area contributed by atoms with Gasteiger partial charge in [0.1, 0.15) is 0 Å². The first-order valence-corrected chi connectivity index (χ1v) is 10.1. The Morgan fingerprint density at radius 2 is 1.77 bits per heavy atom. The van der Waals surface area contributed by atoms with E-state index in [0.29, 0.717) is 6.54 Å². The zero-order valence-electron chi connectivity index (χ0n) is 16.6. The second-order valence-electron chi connectivity index (χ2n) is 7.56. The fourth-order valence-corrected chi connectivity index (χ4v) is 4.37. The highest BCUT2D eigenvalue weighted by molar-refractivity contribution is 6.02. The van der Waals surface area contributed by atoms with Gasteiger partial charge in [-0.1, -0.05) is 36.4 Å². The van der Waals surface area contributed by atoms with E-state index in [1.165, 1.54) is 0 Å². The summed E-state index contributed by atoms with van der Waals surface area (Å²) in [5, 5.41) is 0. The van der Waals surface area contributed by atoms with Gasteiger partial charge in [0.05, 0.1) is 22.4 Å². The van der Waals surface area contributed by atoms with Crippen LogP contribution in [-0.2, 0) is 6.54 Å². The number of aromatic nitrogens is 3. The molecule has 0 unspecified atom stereocenters. The maximum atomic E-state index is 12.8. The molecule has 31 heavy (non-hydrogen) atoms. The van der Waals surface area contributed by atoms with Gasteiger partial charge in [-0.25, -0.2) is 4.79 Å². The van der Waals surface area contributed by atoms with E-state index >= 15 is 0 Å². The Hall–Kier alpha value is -4.16. The summed E-state index contributed by atoms with van der Waals surface area (Å²) in [5.41, 5.74) is 13.9. The van der Waals surface area contributed by atoms with E-state index in [0.717, 1.165) is 50.5 Å². The van der Waals surface area contributed by atoms with Crippen molar-refractivity contribution in [1.82, 2.24) is 14.1 Å². The molecule has 150 valence electrons. The van der Waals surface area contributed by atoms with Gasteiger partial charge in [0.25, 0.3) is 0 Å². The first-order valence-electron chi connectivity index (χ1n) is 10.1. The number of nitrogens with zero attached hydrogens (tertiary/aromatic N) is 3. The number of nitrogens with one attached hydrogen (secondary N) is 1. The Labute approximate surface area is 177 Å². The Morgan fingerprint density at radius 1 is 0.935 bits per heavy atom. The topological polar surface area (TPSA) is 81.1 Å². The van der Waals surface area contributed by atoms with Crippen LogP contribution in [0.15, 0.2) is 88.8 Å². The summed E-state index contributed by atoms with van der Waals surface area (Å²) in [6.07, 6.45) is 3.85. The van der Waals surface area contributed by atoms with E-state index < -0.39 is 0 Å². The van der Waals surface area contributed by atoms with Gasteiger partial charge in [0.15, 0.2) is 0 Å². The number of hydrogen-bond acceptors (Lipinski definition) is 3. The molecule has 0 amide bonds. The lowest BCUT2D eigenvalue weighted by Crippen LogP contribution is -2.14. The zero-order chi connectivity index (χ0) is 20.9. The predicted molar refractivity (Wildman–Crippen MR) is 124 cm³/mol. The summed E-state index contributed by atoms with van der Waals surface area (Å²) in [7, 11) is 0. The lowest BCUT2D eigenvalue weighted by Gasteiger charge is -2.13. The second kappa shape index (κ2) is 6.68. The maximum absolute atomic E-state index is 12.8. The van der Waals surface area contributed by atoms with Crippen LogP contribution in [0.1, 0.15) is 11.3 Å². The van der Waals surface area contributed by atoms with Crippen LogP contribution >= 0.6 is 0 Å². The SMILES string of the molecule is NCc1cccn1-c1ccc(-c2cccc3c2N=Cc2cccc4[nH]c(=O)n-3c24)cc1. The molecule has 0 bridgehead atoms. The highest BCUT2D eigenvalue weighted by Gasteiger charge is 2.19. The van der Waals surface area contributed by atoms with E-state index in [9.17, 15) is 4.79 Å². The van der Waals surface area contributed by atoms with E-state index in [1.54, 1.807) is 4.57 Å². The Kier molecular flexibility index (Phi) is 3.81. The number of aliphatic imine (C=N–C) groups is 1. The van der Waals surface area contributed by atoms with Crippen LogP contribution in [0.3, 0.4) is 0 Å². The lowest BCUT2D eigenvalue weighted by atomic mass is 10.0. The minimum Gasteiger partial charge on any atom is -0.325 e. The standard InChI is InChI=1S/C25H19N5O/c26-14-19-5-3-13-29(19)18-11-9-16(10-12-18)20-6-2-8-22-23(20)27-15-17-4-1-7-21-24(17)30(22)25(31)28-21/h1-13,15H,14,26H2,(H,28,31). The summed E-state index contributed by atoms with van der Waals surface area (Å²) in [6, 6.07) is 24.1. The number of aromatic amines is 1. The van der Waals surface area contributed by atoms with Crippen LogP contribution in [0.25, 0.3) is 33.5 Å². The van der Waals surface area contributed by atoms with Crippen LogP contribution < -0.4 is 11.4 Å². The van der Waals surface area contributed by atoms with Crippen molar-refractivity contribution in [2.24, 2.45) is 10.7 Å². The van der Waals surface area contributed by atoms with Gasteiger partial charge in [-0.05, 0) is 42.0 Å². The molecule has 3 aromatic carbocycles. The Bertz CT molecular complexity index is 1530. The molecule has 0 fully saturated rings. The molecule has 0 atom stereocenters.